The molecule has 6 heteroatoms. The van der Waals surface area contributed by atoms with Gasteiger partial charge < -0.3 is 14.2 Å². The van der Waals surface area contributed by atoms with Crippen LogP contribution in [0.15, 0.2) is 23.3 Å². The summed E-state index contributed by atoms with van der Waals surface area (Å²) in [6.45, 7) is 2.69. The van der Waals surface area contributed by atoms with Gasteiger partial charge in [-0.2, -0.15) is 10.5 Å². The second kappa shape index (κ2) is 6.39. The molecule has 1 aliphatic heterocycles. The van der Waals surface area contributed by atoms with E-state index in [4.69, 9.17) is 14.2 Å². The zero-order valence-electron chi connectivity index (χ0n) is 13.7. The zero-order chi connectivity index (χ0) is 17.2. The molecule has 0 N–H and O–H groups in total. The molecule has 0 amide bonds. The standard InChI is InChI=1S/C18H20N2O4/c1-13(21)22-10-14-2-4-17(11-19,12-20)16-3-5-18(9-15(16)8-14)23-6-7-24-18/h2-3,15H,4-10H2,1H3. The highest BCUT2D eigenvalue weighted by atomic mass is 16.7. The average Bonchev–Trinajstić information content (AvgIpc) is 2.95. The molecule has 2 aliphatic carbocycles. The summed E-state index contributed by atoms with van der Waals surface area (Å²) in [7, 11) is 0. The lowest BCUT2D eigenvalue weighted by Crippen LogP contribution is -2.39. The molecule has 0 aromatic heterocycles. The van der Waals surface area contributed by atoms with Gasteiger partial charge in [0.15, 0.2) is 11.2 Å². The molecule has 6 nitrogen and oxygen atoms in total. The number of hydrogen-bond donors (Lipinski definition) is 0. The molecule has 3 aliphatic rings. The SMILES string of the molecule is CC(=O)OCC1=CCC(C#N)(C#N)C2=CCC3(CC2C1)OCCO3. The average molecular weight is 328 g/mol. The second-order valence-electron chi connectivity index (χ2n) is 6.55. The molecule has 0 radical (unpaired) electrons. The van der Waals surface area contributed by atoms with Crippen molar-refractivity contribution >= 4 is 5.97 Å². The van der Waals surface area contributed by atoms with Gasteiger partial charge >= 0.3 is 5.97 Å². The van der Waals surface area contributed by atoms with E-state index >= 15 is 0 Å². The fourth-order valence-corrected chi connectivity index (χ4v) is 3.81. The Morgan fingerprint density at radius 3 is 2.62 bits per heavy atom. The summed E-state index contributed by atoms with van der Waals surface area (Å²) in [5.41, 5.74) is 0.623. The molecule has 126 valence electrons. The van der Waals surface area contributed by atoms with E-state index < -0.39 is 11.2 Å². The molecule has 0 bridgehead atoms. The van der Waals surface area contributed by atoms with Crippen LogP contribution >= 0.6 is 0 Å². The van der Waals surface area contributed by atoms with Crippen molar-refractivity contribution < 1.29 is 19.0 Å². The van der Waals surface area contributed by atoms with Crippen LogP contribution < -0.4 is 0 Å². The minimum absolute atomic E-state index is 0.0274. The number of esters is 1. The topological polar surface area (TPSA) is 92.3 Å². The molecule has 3 rings (SSSR count). The van der Waals surface area contributed by atoms with Crippen molar-refractivity contribution in [2.75, 3.05) is 19.8 Å². The van der Waals surface area contributed by atoms with E-state index in [0.29, 0.717) is 38.9 Å². The first-order valence-corrected chi connectivity index (χ1v) is 8.15. The molecule has 0 aromatic rings. The third-order valence-corrected chi connectivity index (χ3v) is 4.98. The predicted octanol–water partition coefficient (Wildman–Crippen LogP) is 2.38. The highest BCUT2D eigenvalue weighted by Crippen LogP contribution is 2.49. The number of rotatable bonds is 2. The maximum Gasteiger partial charge on any atom is 0.302 e. The third kappa shape index (κ3) is 2.96. The molecule has 1 unspecified atom stereocenters. The lowest BCUT2D eigenvalue weighted by Gasteiger charge is -2.38. The second-order valence-corrected chi connectivity index (χ2v) is 6.55. The first kappa shape index (κ1) is 16.7. The number of fused-ring (bicyclic) bond motifs is 1. The van der Waals surface area contributed by atoms with E-state index in [-0.39, 0.29) is 18.5 Å². The molecule has 24 heavy (non-hydrogen) atoms. The van der Waals surface area contributed by atoms with Gasteiger partial charge in [-0.1, -0.05) is 12.2 Å². The van der Waals surface area contributed by atoms with Gasteiger partial charge in [-0.25, -0.2) is 0 Å². The van der Waals surface area contributed by atoms with E-state index in [1.54, 1.807) is 0 Å². The quantitative estimate of drug-likeness (QED) is 0.571. The molecule has 1 saturated heterocycles. The van der Waals surface area contributed by atoms with Crippen LogP contribution in [0, 0.1) is 34.0 Å². The van der Waals surface area contributed by atoms with E-state index in [9.17, 15) is 15.3 Å². The third-order valence-electron chi connectivity index (χ3n) is 4.98. The van der Waals surface area contributed by atoms with Gasteiger partial charge in [-0.05, 0) is 23.5 Å². The number of carbonyl (C=O) groups is 1. The summed E-state index contributed by atoms with van der Waals surface area (Å²) in [5, 5.41) is 19.4. The van der Waals surface area contributed by atoms with Gasteiger partial charge in [-0.3, -0.25) is 4.79 Å². The summed E-state index contributed by atoms with van der Waals surface area (Å²) < 4.78 is 16.7. The van der Waals surface area contributed by atoms with Crippen LogP contribution in [0.3, 0.4) is 0 Å². The Bertz CT molecular complexity index is 660. The summed E-state index contributed by atoms with van der Waals surface area (Å²) in [4.78, 5) is 11.1. The van der Waals surface area contributed by atoms with Crippen molar-refractivity contribution in [1.29, 1.82) is 10.5 Å². The van der Waals surface area contributed by atoms with Gasteiger partial charge in [-0.15, -0.1) is 0 Å². The van der Waals surface area contributed by atoms with E-state index in [2.05, 4.69) is 12.1 Å². The number of hydrogen-bond acceptors (Lipinski definition) is 6. The highest BCUT2D eigenvalue weighted by molar-refractivity contribution is 5.66. The summed E-state index contributed by atoms with van der Waals surface area (Å²) in [6.07, 6.45) is 5.95. The molecule has 1 heterocycles. The minimum Gasteiger partial charge on any atom is -0.461 e. The van der Waals surface area contributed by atoms with Gasteiger partial charge in [0.1, 0.15) is 6.61 Å². The van der Waals surface area contributed by atoms with Crippen LogP contribution in [0.5, 0.6) is 0 Å². The zero-order valence-corrected chi connectivity index (χ0v) is 13.7. The van der Waals surface area contributed by atoms with E-state index in [0.717, 1.165) is 11.1 Å². The largest absolute Gasteiger partial charge is 0.461 e. The first-order chi connectivity index (χ1) is 11.5. The van der Waals surface area contributed by atoms with Gasteiger partial charge in [0.05, 0.1) is 25.4 Å². The van der Waals surface area contributed by atoms with Gasteiger partial charge in [0.2, 0.25) is 0 Å². The maximum absolute atomic E-state index is 11.1. The lowest BCUT2D eigenvalue weighted by molar-refractivity contribution is -0.169. The minimum atomic E-state index is -1.16. The van der Waals surface area contributed by atoms with E-state index in [1.165, 1.54) is 6.92 Å². The van der Waals surface area contributed by atoms with Crippen molar-refractivity contribution in [1.82, 2.24) is 0 Å². The number of ether oxygens (including phenoxy) is 3. The summed E-state index contributed by atoms with van der Waals surface area (Å²) in [5.74, 6) is -1.01. The van der Waals surface area contributed by atoms with Gasteiger partial charge in [0.25, 0.3) is 0 Å². The summed E-state index contributed by atoms with van der Waals surface area (Å²) >= 11 is 0. The van der Waals surface area contributed by atoms with Crippen LogP contribution in [0.2, 0.25) is 0 Å². The Kier molecular flexibility index (Phi) is 4.45. The van der Waals surface area contributed by atoms with E-state index in [1.807, 2.05) is 12.2 Å². The number of nitrogens with zero attached hydrogens (tertiary/aromatic N) is 2. The highest BCUT2D eigenvalue weighted by Gasteiger charge is 2.48. The first-order valence-electron chi connectivity index (χ1n) is 8.15. The molecule has 1 fully saturated rings. The monoisotopic (exact) mass is 328 g/mol. The van der Waals surface area contributed by atoms with Crippen molar-refractivity contribution in [3.05, 3.63) is 23.3 Å². The van der Waals surface area contributed by atoms with Gasteiger partial charge in [0, 0.05) is 26.2 Å². The predicted molar refractivity (Wildman–Crippen MR) is 83.1 cm³/mol. The fraction of sp³-hybridized carbons (Fsp3) is 0.611. The Balaban J connectivity index is 1.92. The number of carbonyl (C=O) groups excluding carboxylic acids is 1. The fourth-order valence-electron chi connectivity index (χ4n) is 3.81. The molecule has 1 atom stereocenters. The van der Waals surface area contributed by atoms with Crippen LogP contribution in [0.25, 0.3) is 0 Å². The molecular formula is C18H20N2O4. The molecular weight excluding hydrogens is 308 g/mol. The molecule has 1 spiro atoms. The lowest BCUT2D eigenvalue weighted by atomic mass is 9.69. The smallest absolute Gasteiger partial charge is 0.302 e. The van der Waals surface area contributed by atoms with Crippen molar-refractivity contribution in [2.45, 2.75) is 38.4 Å². The number of nitriles is 2. The van der Waals surface area contributed by atoms with Crippen molar-refractivity contribution in [3.63, 3.8) is 0 Å². The molecule has 0 saturated carbocycles. The Morgan fingerprint density at radius 2 is 2.00 bits per heavy atom. The maximum atomic E-state index is 11.1. The Morgan fingerprint density at radius 1 is 1.29 bits per heavy atom. The molecule has 0 aromatic carbocycles. The number of allylic oxidation sites excluding steroid dienone is 2. The van der Waals surface area contributed by atoms with Crippen LogP contribution in [0.1, 0.15) is 32.6 Å². The van der Waals surface area contributed by atoms with Crippen LogP contribution in [-0.2, 0) is 19.0 Å². The Hall–Kier alpha value is -2.15. The normalized spacial score (nSPS) is 27.0. The van der Waals surface area contributed by atoms with Crippen LogP contribution in [0.4, 0.5) is 0 Å². The van der Waals surface area contributed by atoms with Crippen molar-refractivity contribution in [2.24, 2.45) is 11.3 Å². The van der Waals surface area contributed by atoms with Crippen molar-refractivity contribution in [3.8, 4) is 12.1 Å². The van der Waals surface area contributed by atoms with Crippen LogP contribution in [-0.4, -0.2) is 31.6 Å². The Labute approximate surface area is 141 Å². The summed E-state index contributed by atoms with van der Waals surface area (Å²) in [6, 6.07) is 4.41.